The van der Waals surface area contributed by atoms with Crippen LogP contribution in [-0.4, -0.2) is 24.5 Å². The summed E-state index contributed by atoms with van der Waals surface area (Å²) in [5.74, 6) is 1.47. The van der Waals surface area contributed by atoms with Crippen molar-refractivity contribution in [1.82, 2.24) is 0 Å². The zero-order chi connectivity index (χ0) is 10.8. The van der Waals surface area contributed by atoms with Gasteiger partial charge in [-0.05, 0) is 24.1 Å². The van der Waals surface area contributed by atoms with E-state index in [9.17, 15) is 0 Å². The van der Waals surface area contributed by atoms with Crippen molar-refractivity contribution < 1.29 is 14.6 Å². The van der Waals surface area contributed by atoms with Gasteiger partial charge in [-0.3, -0.25) is 0 Å². The molecule has 1 atom stereocenters. The molecule has 1 aliphatic rings. The Morgan fingerprint density at radius 3 is 2.62 bits per heavy atom. The van der Waals surface area contributed by atoms with Crippen molar-refractivity contribution in [1.29, 1.82) is 0 Å². The van der Waals surface area contributed by atoms with E-state index in [2.05, 4.69) is 15.9 Å². The van der Waals surface area contributed by atoms with Gasteiger partial charge in [-0.1, -0.05) is 15.9 Å². The molecule has 1 unspecified atom stereocenters. The molecule has 0 fully saturated rings. The molecule has 6 heteroatoms. The van der Waals surface area contributed by atoms with E-state index in [1.54, 1.807) is 0 Å². The Balaban J connectivity index is 0.00000128. The van der Waals surface area contributed by atoms with Crippen molar-refractivity contribution in [3.05, 3.63) is 22.2 Å². The summed E-state index contributed by atoms with van der Waals surface area (Å²) >= 11 is 3.43. The van der Waals surface area contributed by atoms with Crippen LogP contribution in [0.25, 0.3) is 0 Å². The van der Waals surface area contributed by atoms with Crippen LogP contribution >= 0.6 is 28.3 Å². The Bertz CT molecular complexity index is 375. The van der Waals surface area contributed by atoms with Crippen molar-refractivity contribution in [2.75, 3.05) is 13.4 Å². The van der Waals surface area contributed by atoms with E-state index < -0.39 is 0 Å². The van der Waals surface area contributed by atoms with Crippen LogP contribution < -0.4 is 15.2 Å². The van der Waals surface area contributed by atoms with Crippen LogP contribution in [-0.2, 0) is 6.42 Å². The van der Waals surface area contributed by atoms with Gasteiger partial charge in [-0.15, -0.1) is 12.4 Å². The summed E-state index contributed by atoms with van der Waals surface area (Å²) in [4.78, 5) is 0. The molecule has 0 spiro atoms. The third-order valence-corrected chi connectivity index (χ3v) is 3.00. The van der Waals surface area contributed by atoms with E-state index in [1.165, 1.54) is 0 Å². The molecule has 1 heterocycles. The SMILES string of the molecule is Cl.NC(CO)Cc1cc2c(cc1Br)OCO2. The zero-order valence-electron chi connectivity index (χ0n) is 8.48. The number of aliphatic hydroxyl groups excluding tert-OH is 1. The van der Waals surface area contributed by atoms with Gasteiger partial charge in [0.05, 0.1) is 6.61 Å². The number of rotatable bonds is 3. The smallest absolute Gasteiger partial charge is 0.231 e. The van der Waals surface area contributed by atoms with Gasteiger partial charge in [-0.25, -0.2) is 0 Å². The fourth-order valence-corrected chi connectivity index (χ4v) is 1.95. The third kappa shape index (κ3) is 2.79. The Morgan fingerprint density at radius 1 is 1.38 bits per heavy atom. The summed E-state index contributed by atoms with van der Waals surface area (Å²) in [7, 11) is 0. The summed E-state index contributed by atoms with van der Waals surface area (Å²) in [5.41, 5.74) is 6.69. The second-order valence-electron chi connectivity index (χ2n) is 3.44. The standard InChI is InChI=1S/C10H12BrNO3.ClH/c11-8-3-10-9(14-5-15-10)2-6(8)1-7(12)4-13;/h2-3,7,13H,1,4-5,12H2;1H. The second-order valence-corrected chi connectivity index (χ2v) is 4.30. The van der Waals surface area contributed by atoms with Crippen LogP contribution in [0.4, 0.5) is 0 Å². The predicted molar refractivity (Wildman–Crippen MR) is 66.3 cm³/mol. The molecular formula is C10H13BrClNO3. The molecule has 0 aliphatic carbocycles. The average Bonchev–Trinajstić information content (AvgIpc) is 2.65. The minimum absolute atomic E-state index is 0. The van der Waals surface area contributed by atoms with Crippen molar-refractivity contribution in [2.45, 2.75) is 12.5 Å². The monoisotopic (exact) mass is 309 g/mol. The fourth-order valence-electron chi connectivity index (χ4n) is 1.46. The molecule has 1 aromatic carbocycles. The van der Waals surface area contributed by atoms with E-state index in [-0.39, 0.29) is 31.8 Å². The maximum absolute atomic E-state index is 8.88. The highest BCUT2D eigenvalue weighted by molar-refractivity contribution is 9.10. The van der Waals surface area contributed by atoms with Crippen LogP contribution in [0.3, 0.4) is 0 Å². The van der Waals surface area contributed by atoms with Crippen molar-refractivity contribution >= 4 is 28.3 Å². The quantitative estimate of drug-likeness (QED) is 0.887. The van der Waals surface area contributed by atoms with Gasteiger partial charge < -0.3 is 20.3 Å². The minimum Gasteiger partial charge on any atom is -0.454 e. The summed E-state index contributed by atoms with van der Waals surface area (Å²) < 4.78 is 11.4. The number of fused-ring (bicyclic) bond motifs is 1. The number of nitrogens with two attached hydrogens (primary N) is 1. The van der Waals surface area contributed by atoms with Gasteiger partial charge in [0.1, 0.15) is 0 Å². The van der Waals surface area contributed by atoms with Crippen LogP contribution in [0.5, 0.6) is 11.5 Å². The molecule has 3 N–H and O–H groups in total. The fraction of sp³-hybridized carbons (Fsp3) is 0.400. The van der Waals surface area contributed by atoms with Gasteiger partial charge in [0, 0.05) is 10.5 Å². The molecule has 16 heavy (non-hydrogen) atoms. The first-order chi connectivity index (χ1) is 7.20. The summed E-state index contributed by atoms with van der Waals surface area (Å²) in [6, 6.07) is 3.51. The van der Waals surface area contributed by atoms with Gasteiger partial charge in [-0.2, -0.15) is 0 Å². The first-order valence-corrected chi connectivity index (χ1v) is 5.44. The lowest BCUT2D eigenvalue weighted by atomic mass is 10.1. The molecule has 0 radical (unpaired) electrons. The highest BCUT2D eigenvalue weighted by Gasteiger charge is 2.17. The van der Waals surface area contributed by atoms with Gasteiger partial charge in [0.15, 0.2) is 11.5 Å². The number of aliphatic hydroxyl groups is 1. The topological polar surface area (TPSA) is 64.7 Å². The summed E-state index contributed by atoms with van der Waals surface area (Å²) in [6.07, 6.45) is 0.605. The molecule has 0 amide bonds. The second kappa shape index (κ2) is 5.72. The number of benzene rings is 1. The van der Waals surface area contributed by atoms with Crippen molar-refractivity contribution in [3.8, 4) is 11.5 Å². The normalized spacial score (nSPS) is 14.4. The maximum Gasteiger partial charge on any atom is 0.231 e. The Kier molecular flexibility index (Phi) is 4.86. The first kappa shape index (κ1) is 13.6. The van der Waals surface area contributed by atoms with Crippen LogP contribution in [0, 0.1) is 0 Å². The average molecular weight is 311 g/mol. The van der Waals surface area contributed by atoms with Gasteiger partial charge in [0.2, 0.25) is 6.79 Å². The molecule has 4 nitrogen and oxygen atoms in total. The number of halogens is 2. The van der Waals surface area contributed by atoms with Crippen molar-refractivity contribution in [2.24, 2.45) is 5.73 Å². The minimum atomic E-state index is -0.248. The molecule has 2 rings (SSSR count). The highest BCUT2D eigenvalue weighted by Crippen LogP contribution is 2.37. The van der Waals surface area contributed by atoms with E-state index in [0.717, 1.165) is 21.5 Å². The zero-order valence-corrected chi connectivity index (χ0v) is 10.9. The number of ether oxygens (including phenoxy) is 2. The van der Waals surface area contributed by atoms with Gasteiger partial charge >= 0.3 is 0 Å². The largest absolute Gasteiger partial charge is 0.454 e. The van der Waals surface area contributed by atoms with E-state index >= 15 is 0 Å². The summed E-state index contributed by atoms with van der Waals surface area (Å²) in [6.45, 7) is 0.234. The molecule has 0 aromatic heterocycles. The molecule has 0 bridgehead atoms. The van der Waals surface area contributed by atoms with Gasteiger partial charge in [0.25, 0.3) is 0 Å². The van der Waals surface area contributed by atoms with E-state index in [1.807, 2.05) is 12.1 Å². The third-order valence-electron chi connectivity index (χ3n) is 2.26. The number of hydrogen-bond acceptors (Lipinski definition) is 4. The molecular weight excluding hydrogens is 297 g/mol. The number of hydrogen-bond donors (Lipinski definition) is 2. The van der Waals surface area contributed by atoms with Crippen molar-refractivity contribution in [3.63, 3.8) is 0 Å². The highest BCUT2D eigenvalue weighted by atomic mass is 79.9. The molecule has 0 saturated heterocycles. The van der Waals surface area contributed by atoms with E-state index in [0.29, 0.717) is 6.42 Å². The van der Waals surface area contributed by atoms with Crippen LogP contribution in [0.2, 0.25) is 0 Å². The van der Waals surface area contributed by atoms with Crippen LogP contribution in [0.15, 0.2) is 16.6 Å². The lowest BCUT2D eigenvalue weighted by Crippen LogP contribution is -2.26. The van der Waals surface area contributed by atoms with E-state index in [4.69, 9.17) is 20.3 Å². The van der Waals surface area contributed by atoms with Crippen LogP contribution in [0.1, 0.15) is 5.56 Å². The summed E-state index contributed by atoms with van der Waals surface area (Å²) in [5, 5.41) is 8.88. The predicted octanol–water partition coefficient (Wildman–Crippen LogP) is 1.46. The lowest BCUT2D eigenvalue weighted by Gasteiger charge is -2.10. The molecule has 0 saturated carbocycles. The molecule has 1 aliphatic heterocycles. The Hall–Kier alpha value is -0.490. The Morgan fingerprint density at radius 2 is 2.00 bits per heavy atom. The maximum atomic E-state index is 8.88. The lowest BCUT2D eigenvalue weighted by molar-refractivity contribution is 0.174. The molecule has 90 valence electrons. The molecule has 1 aromatic rings. The first-order valence-electron chi connectivity index (χ1n) is 4.65. The Labute approximate surface area is 108 Å².